The van der Waals surface area contributed by atoms with E-state index < -0.39 is 11.7 Å². The summed E-state index contributed by atoms with van der Waals surface area (Å²) in [6, 6.07) is 5.85. The number of rotatable bonds is 3. The van der Waals surface area contributed by atoms with E-state index in [1.54, 1.807) is 32.9 Å². The predicted octanol–water partition coefficient (Wildman–Crippen LogP) is 2.64. The maximum absolute atomic E-state index is 12.8. The average Bonchev–Trinajstić information content (AvgIpc) is 2.84. The minimum absolute atomic E-state index is 0.170. The van der Waals surface area contributed by atoms with E-state index in [1.165, 1.54) is 12.1 Å². The molecule has 1 amide bonds. The normalized spacial score (nSPS) is 11.2. The molecule has 2 aromatic rings. The molecule has 0 aliphatic carbocycles. The SMILES string of the molecule is CC(C)(C)OC(=O)NCc1nc(-c2ccc(F)cc2)n[nH]1. The van der Waals surface area contributed by atoms with E-state index in [0.717, 1.165) is 0 Å². The first-order chi connectivity index (χ1) is 9.83. The van der Waals surface area contributed by atoms with Crippen LogP contribution in [0.1, 0.15) is 26.6 Å². The van der Waals surface area contributed by atoms with Gasteiger partial charge in [-0.2, -0.15) is 5.10 Å². The van der Waals surface area contributed by atoms with E-state index in [9.17, 15) is 9.18 Å². The van der Waals surface area contributed by atoms with Gasteiger partial charge in [0.05, 0.1) is 6.54 Å². The van der Waals surface area contributed by atoms with Crippen LogP contribution in [-0.4, -0.2) is 26.9 Å². The number of halogens is 1. The van der Waals surface area contributed by atoms with Gasteiger partial charge in [0.15, 0.2) is 5.82 Å². The van der Waals surface area contributed by atoms with E-state index in [0.29, 0.717) is 17.2 Å². The monoisotopic (exact) mass is 292 g/mol. The van der Waals surface area contributed by atoms with Crippen LogP contribution in [0.2, 0.25) is 0 Å². The van der Waals surface area contributed by atoms with E-state index in [1.807, 2.05) is 0 Å². The molecule has 0 fully saturated rings. The Hall–Kier alpha value is -2.44. The topological polar surface area (TPSA) is 79.9 Å². The Morgan fingerprint density at radius 1 is 1.33 bits per heavy atom. The third kappa shape index (κ3) is 4.55. The lowest BCUT2D eigenvalue weighted by molar-refractivity contribution is 0.0522. The largest absolute Gasteiger partial charge is 0.444 e. The predicted molar refractivity (Wildman–Crippen MR) is 74.9 cm³/mol. The lowest BCUT2D eigenvalue weighted by Gasteiger charge is -2.19. The molecule has 0 spiro atoms. The van der Waals surface area contributed by atoms with Crippen molar-refractivity contribution in [2.24, 2.45) is 0 Å². The molecule has 0 aliphatic rings. The molecular formula is C14H17FN4O2. The summed E-state index contributed by atoms with van der Waals surface area (Å²) < 4.78 is 18.0. The van der Waals surface area contributed by atoms with Crippen molar-refractivity contribution in [3.63, 3.8) is 0 Å². The fourth-order valence-electron chi connectivity index (χ4n) is 1.57. The van der Waals surface area contributed by atoms with Crippen molar-refractivity contribution in [2.75, 3.05) is 0 Å². The van der Waals surface area contributed by atoms with Crippen LogP contribution in [0.25, 0.3) is 11.4 Å². The summed E-state index contributed by atoms with van der Waals surface area (Å²) in [6.07, 6.45) is -0.526. The second kappa shape index (κ2) is 5.90. The standard InChI is InChI=1S/C14H17FN4O2/c1-14(2,3)21-13(20)16-8-11-17-12(19-18-11)9-4-6-10(15)7-5-9/h4-7H,8H2,1-3H3,(H,16,20)(H,17,18,19). The number of alkyl carbamates (subject to hydrolysis) is 1. The Kier molecular flexibility index (Phi) is 4.21. The van der Waals surface area contributed by atoms with Crippen LogP contribution < -0.4 is 5.32 Å². The molecule has 0 aliphatic heterocycles. The summed E-state index contributed by atoms with van der Waals surface area (Å²) in [5.41, 5.74) is 0.140. The minimum Gasteiger partial charge on any atom is -0.444 e. The van der Waals surface area contributed by atoms with Crippen LogP contribution >= 0.6 is 0 Å². The molecule has 0 saturated carbocycles. The Bertz CT molecular complexity index is 617. The van der Waals surface area contributed by atoms with Crippen LogP contribution in [0.5, 0.6) is 0 Å². The van der Waals surface area contributed by atoms with Crippen LogP contribution in [0.3, 0.4) is 0 Å². The lowest BCUT2D eigenvalue weighted by atomic mass is 10.2. The summed E-state index contributed by atoms with van der Waals surface area (Å²) in [5.74, 6) is 0.609. The summed E-state index contributed by atoms with van der Waals surface area (Å²) in [4.78, 5) is 15.7. The zero-order valence-electron chi connectivity index (χ0n) is 12.1. The molecule has 1 aromatic carbocycles. The smallest absolute Gasteiger partial charge is 0.408 e. The summed E-state index contributed by atoms with van der Waals surface area (Å²) in [5, 5.41) is 9.30. The molecule has 0 saturated heterocycles. The van der Waals surface area contributed by atoms with Crippen LogP contribution in [0, 0.1) is 5.82 Å². The van der Waals surface area contributed by atoms with Gasteiger partial charge in [-0.05, 0) is 45.0 Å². The number of amides is 1. The molecule has 2 N–H and O–H groups in total. The van der Waals surface area contributed by atoms with Gasteiger partial charge >= 0.3 is 6.09 Å². The van der Waals surface area contributed by atoms with Crippen molar-refractivity contribution in [1.29, 1.82) is 0 Å². The number of nitrogens with one attached hydrogen (secondary N) is 2. The molecule has 1 heterocycles. The second-order valence-corrected chi connectivity index (χ2v) is 5.47. The lowest BCUT2D eigenvalue weighted by Crippen LogP contribution is -2.32. The van der Waals surface area contributed by atoms with Crippen LogP contribution in [0.4, 0.5) is 9.18 Å². The van der Waals surface area contributed by atoms with Crippen molar-refractivity contribution in [2.45, 2.75) is 32.9 Å². The van der Waals surface area contributed by atoms with Gasteiger partial charge in [-0.1, -0.05) is 0 Å². The zero-order chi connectivity index (χ0) is 15.5. The van der Waals surface area contributed by atoms with Gasteiger partial charge in [0.1, 0.15) is 17.2 Å². The van der Waals surface area contributed by atoms with Crippen molar-refractivity contribution < 1.29 is 13.9 Å². The Morgan fingerprint density at radius 2 is 2.00 bits per heavy atom. The molecule has 21 heavy (non-hydrogen) atoms. The van der Waals surface area contributed by atoms with E-state index in [4.69, 9.17) is 4.74 Å². The van der Waals surface area contributed by atoms with Gasteiger partial charge < -0.3 is 10.1 Å². The third-order valence-corrected chi connectivity index (χ3v) is 2.43. The van der Waals surface area contributed by atoms with Gasteiger partial charge in [-0.15, -0.1) is 0 Å². The number of H-pyrrole nitrogens is 1. The highest BCUT2D eigenvalue weighted by atomic mass is 19.1. The Labute approximate surface area is 121 Å². The zero-order valence-corrected chi connectivity index (χ0v) is 12.1. The van der Waals surface area contributed by atoms with Crippen LogP contribution in [-0.2, 0) is 11.3 Å². The molecule has 112 valence electrons. The van der Waals surface area contributed by atoms with Gasteiger partial charge in [0.2, 0.25) is 0 Å². The highest BCUT2D eigenvalue weighted by molar-refractivity contribution is 5.67. The van der Waals surface area contributed by atoms with E-state index in [-0.39, 0.29) is 12.4 Å². The number of benzene rings is 1. The van der Waals surface area contributed by atoms with Crippen molar-refractivity contribution in [3.8, 4) is 11.4 Å². The summed E-state index contributed by atoms with van der Waals surface area (Å²) in [6.45, 7) is 5.53. The summed E-state index contributed by atoms with van der Waals surface area (Å²) >= 11 is 0. The van der Waals surface area contributed by atoms with Gasteiger partial charge in [0.25, 0.3) is 0 Å². The van der Waals surface area contributed by atoms with Gasteiger partial charge in [-0.3, -0.25) is 5.10 Å². The third-order valence-electron chi connectivity index (χ3n) is 2.43. The molecule has 0 radical (unpaired) electrons. The molecule has 0 bridgehead atoms. The Morgan fingerprint density at radius 3 is 2.62 bits per heavy atom. The summed E-state index contributed by atoms with van der Waals surface area (Å²) in [7, 11) is 0. The molecule has 7 heteroatoms. The highest BCUT2D eigenvalue weighted by Crippen LogP contribution is 2.14. The number of hydrogen-bond donors (Lipinski definition) is 2. The van der Waals surface area contributed by atoms with Crippen molar-refractivity contribution in [3.05, 3.63) is 35.9 Å². The van der Waals surface area contributed by atoms with Gasteiger partial charge in [-0.25, -0.2) is 14.2 Å². The first-order valence-electron chi connectivity index (χ1n) is 6.47. The van der Waals surface area contributed by atoms with E-state index in [2.05, 4.69) is 20.5 Å². The number of aromatic nitrogens is 3. The first-order valence-corrected chi connectivity index (χ1v) is 6.47. The molecule has 2 rings (SSSR count). The van der Waals surface area contributed by atoms with Gasteiger partial charge in [0, 0.05) is 5.56 Å². The quantitative estimate of drug-likeness (QED) is 0.911. The number of hydrogen-bond acceptors (Lipinski definition) is 4. The molecule has 0 unspecified atom stereocenters. The second-order valence-electron chi connectivity index (χ2n) is 5.47. The van der Waals surface area contributed by atoms with Crippen molar-refractivity contribution >= 4 is 6.09 Å². The van der Waals surface area contributed by atoms with Crippen LogP contribution in [0.15, 0.2) is 24.3 Å². The number of ether oxygens (including phenoxy) is 1. The number of aromatic amines is 1. The first kappa shape index (κ1) is 15.0. The average molecular weight is 292 g/mol. The fraction of sp³-hybridized carbons (Fsp3) is 0.357. The number of carbonyl (C=O) groups excluding carboxylic acids is 1. The molecule has 6 nitrogen and oxygen atoms in total. The van der Waals surface area contributed by atoms with Crippen molar-refractivity contribution in [1.82, 2.24) is 20.5 Å². The number of carbonyl (C=O) groups is 1. The Balaban J connectivity index is 1.94. The maximum Gasteiger partial charge on any atom is 0.408 e. The molecular weight excluding hydrogens is 275 g/mol. The highest BCUT2D eigenvalue weighted by Gasteiger charge is 2.16. The molecule has 0 atom stereocenters. The number of nitrogens with zero attached hydrogens (tertiary/aromatic N) is 2. The maximum atomic E-state index is 12.8. The van der Waals surface area contributed by atoms with E-state index >= 15 is 0 Å². The fourth-order valence-corrected chi connectivity index (χ4v) is 1.57. The minimum atomic E-state index is -0.551. The molecule has 1 aromatic heterocycles.